The van der Waals surface area contributed by atoms with Crippen molar-refractivity contribution in [2.75, 3.05) is 18.5 Å². The first-order chi connectivity index (χ1) is 9.83. The van der Waals surface area contributed by atoms with Crippen LogP contribution in [0.4, 0.5) is 5.69 Å². The van der Waals surface area contributed by atoms with Crippen molar-refractivity contribution in [1.29, 1.82) is 0 Å². The molecule has 0 radical (unpaired) electrons. The van der Waals surface area contributed by atoms with E-state index in [-0.39, 0.29) is 0 Å². The molecule has 0 atom stereocenters. The fourth-order valence-electron chi connectivity index (χ4n) is 2.09. The molecule has 0 heterocycles. The SMILES string of the molecule is CCOc1ccc(NCCc2ccccc2)cc1CCl. The van der Waals surface area contributed by atoms with Crippen LogP contribution in [0.3, 0.4) is 0 Å². The van der Waals surface area contributed by atoms with E-state index < -0.39 is 0 Å². The number of benzene rings is 2. The van der Waals surface area contributed by atoms with Crippen LogP contribution in [0, 0.1) is 0 Å². The number of hydrogen-bond acceptors (Lipinski definition) is 2. The van der Waals surface area contributed by atoms with Crippen LogP contribution in [-0.4, -0.2) is 13.2 Å². The average molecular weight is 290 g/mol. The summed E-state index contributed by atoms with van der Waals surface area (Å²) in [7, 11) is 0. The summed E-state index contributed by atoms with van der Waals surface area (Å²) in [4.78, 5) is 0. The highest BCUT2D eigenvalue weighted by Crippen LogP contribution is 2.24. The van der Waals surface area contributed by atoms with Gasteiger partial charge in [-0.05, 0) is 37.1 Å². The topological polar surface area (TPSA) is 21.3 Å². The number of alkyl halides is 1. The number of rotatable bonds is 7. The molecule has 2 nitrogen and oxygen atoms in total. The third kappa shape index (κ3) is 4.17. The maximum atomic E-state index is 5.96. The van der Waals surface area contributed by atoms with E-state index >= 15 is 0 Å². The van der Waals surface area contributed by atoms with Crippen LogP contribution in [0.1, 0.15) is 18.1 Å². The van der Waals surface area contributed by atoms with Crippen molar-refractivity contribution < 1.29 is 4.74 Å². The Bertz CT molecular complexity index is 528. The molecule has 2 rings (SSSR count). The molecule has 0 aliphatic carbocycles. The molecule has 0 aliphatic rings. The highest BCUT2D eigenvalue weighted by molar-refractivity contribution is 6.17. The monoisotopic (exact) mass is 289 g/mol. The predicted octanol–water partition coefficient (Wildman–Crippen LogP) is 4.48. The predicted molar refractivity (Wildman–Crippen MR) is 85.8 cm³/mol. The molecule has 0 saturated carbocycles. The van der Waals surface area contributed by atoms with Gasteiger partial charge in [-0.1, -0.05) is 30.3 Å². The van der Waals surface area contributed by atoms with Crippen molar-refractivity contribution >= 4 is 17.3 Å². The van der Waals surface area contributed by atoms with E-state index in [1.807, 2.05) is 25.1 Å². The van der Waals surface area contributed by atoms with Gasteiger partial charge < -0.3 is 10.1 Å². The summed E-state index contributed by atoms with van der Waals surface area (Å²) in [6.07, 6.45) is 1.00. The highest BCUT2D eigenvalue weighted by Gasteiger charge is 2.03. The summed E-state index contributed by atoms with van der Waals surface area (Å²) in [5.41, 5.74) is 3.45. The van der Waals surface area contributed by atoms with E-state index in [0.29, 0.717) is 12.5 Å². The molecule has 0 aliphatic heterocycles. The standard InChI is InChI=1S/C17H20ClNO/c1-2-20-17-9-8-16(12-15(17)13-18)19-11-10-14-6-4-3-5-7-14/h3-9,12,19H,2,10-11,13H2,1H3. The zero-order chi connectivity index (χ0) is 14.2. The van der Waals surface area contributed by atoms with Crippen LogP contribution in [0.2, 0.25) is 0 Å². The lowest BCUT2D eigenvalue weighted by Crippen LogP contribution is -2.05. The third-order valence-electron chi connectivity index (χ3n) is 3.09. The molecule has 0 saturated heterocycles. The number of anilines is 1. The first-order valence-corrected chi connectivity index (χ1v) is 7.46. The molecule has 0 unspecified atom stereocenters. The lowest BCUT2D eigenvalue weighted by molar-refractivity contribution is 0.337. The van der Waals surface area contributed by atoms with Gasteiger partial charge in [-0.15, -0.1) is 11.6 Å². The Balaban J connectivity index is 1.93. The molecule has 1 N–H and O–H groups in total. The molecule has 106 valence electrons. The van der Waals surface area contributed by atoms with Crippen molar-refractivity contribution in [3.8, 4) is 5.75 Å². The van der Waals surface area contributed by atoms with Gasteiger partial charge in [0.15, 0.2) is 0 Å². The van der Waals surface area contributed by atoms with E-state index in [4.69, 9.17) is 16.3 Å². The lowest BCUT2D eigenvalue weighted by atomic mass is 10.1. The van der Waals surface area contributed by atoms with Gasteiger partial charge in [0.2, 0.25) is 0 Å². The van der Waals surface area contributed by atoms with E-state index in [1.165, 1.54) is 5.56 Å². The zero-order valence-corrected chi connectivity index (χ0v) is 12.5. The number of nitrogens with one attached hydrogen (secondary N) is 1. The second-order valence-corrected chi connectivity index (χ2v) is 4.82. The second kappa shape index (κ2) is 7.81. The van der Waals surface area contributed by atoms with Crippen molar-refractivity contribution in [3.05, 3.63) is 59.7 Å². The normalized spacial score (nSPS) is 10.3. The Morgan fingerprint density at radius 3 is 2.60 bits per heavy atom. The molecular formula is C17H20ClNO. The highest BCUT2D eigenvalue weighted by atomic mass is 35.5. The van der Waals surface area contributed by atoms with Crippen LogP contribution >= 0.6 is 11.6 Å². The lowest BCUT2D eigenvalue weighted by Gasteiger charge is -2.12. The molecule has 0 spiro atoms. The van der Waals surface area contributed by atoms with E-state index in [9.17, 15) is 0 Å². The Morgan fingerprint density at radius 1 is 1.10 bits per heavy atom. The molecule has 2 aromatic carbocycles. The molecule has 0 bridgehead atoms. The minimum atomic E-state index is 0.462. The van der Waals surface area contributed by atoms with Crippen LogP contribution in [0.15, 0.2) is 48.5 Å². The van der Waals surface area contributed by atoms with Crippen LogP contribution in [0.25, 0.3) is 0 Å². The molecule has 0 amide bonds. The molecule has 2 aromatic rings. The Morgan fingerprint density at radius 2 is 1.90 bits per heavy atom. The minimum absolute atomic E-state index is 0.462. The zero-order valence-electron chi connectivity index (χ0n) is 11.7. The first-order valence-electron chi connectivity index (χ1n) is 6.93. The summed E-state index contributed by atoms with van der Waals surface area (Å²) < 4.78 is 5.54. The maximum absolute atomic E-state index is 5.96. The fraction of sp³-hybridized carbons (Fsp3) is 0.294. The van der Waals surface area contributed by atoms with Gasteiger partial charge in [0, 0.05) is 17.8 Å². The minimum Gasteiger partial charge on any atom is -0.494 e. The van der Waals surface area contributed by atoms with Crippen molar-refractivity contribution in [1.82, 2.24) is 0 Å². The summed E-state index contributed by atoms with van der Waals surface area (Å²) in [6.45, 7) is 3.54. The van der Waals surface area contributed by atoms with Gasteiger partial charge in [-0.3, -0.25) is 0 Å². The summed E-state index contributed by atoms with van der Waals surface area (Å²) in [5, 5.41) is 3.42. The second-order valence-electron chi connectivity index (χ2n) is 4.55. The number of hydrogen-bond donors (Lipinski definition) is 1. The van der Waals surface area contributed by atoms with Crippen molar-refractivity contribution in [2.45, 2.75) is 19.2 Å². The Kier molecular flexibility index (Phi) is 5.75. The van der Waals surface area contributed by atoms with Crippen LogP contribution in [0.5, 0.6) is 5.75 Å². The van der Waals surface area contributed by atoms with Crippen LogP contribution in [-0.2, 0) is 12.3 Å². The van der Waals surface area contributed by atoms with Gasteiger partial charge in [0.25, 0.3) is 0 Å². The smallest absolute Gasteiger partial charge is 0.123 e. The third-order valence-corrected chi connectivity index (χ3v) is 3.38. The summed E-state index contributed by atoms with van der Waals surface area (Å²) in [6, 6.07) is 16.5. The van der Waals surface area contributed by atoms with Crippen molar-refractivity contribution in [2.24, 2.45) is 0 Å². The largest absolute Gasteiger partial charge is 0.494 e. The van der Waals surface area contributed by atoms with E-state index in [0.717, 1.165) is 30.0 Å². The van der Waals surface area contributed by atoms with Crippen LogP contribution < -0.4 is 10.1 Å². The summed E-state index contributed by atoms with van der Waals surface area (Å²) >= 11 is 5.96. The molecule has 3 heteroatoms. The van der Waals surface area contributed by atoms with Gasteiger partial charge >= 0.3 is 0 Å². The molecular weight excluding hydrogens is 270 g/mol. The average Bonchev–Trinajstić information content (AvgIpc) is 2.50. The Labute approximate surface area is 125 Å². The van der Waals surface area contributed by atoms with E-state index in [1.54, 1.807) is 0 Å². The van der Waals surface area contributed by atoms with Gasteiger partial charge in [0.1, 0.15) is 5.75 Å². The van der Waals surface area contributed by atoms with Gasteiger partial charge in [-0.2, -0.15) is 0 Å². The molecule has 20 heavy (non-hydrogen) atoms. The first kappa shape index (κ1) is 14.7. The van der Waals surface area contributed by atoms with E-state index in [2.05, 4.69) is 35.6 Å². The van der Waals surface area contributed by atoms with Crippen molar-refractivity contribution in [3.63, 3.8) is 0 Å². The summed E-state index contributed by atoms with van der Waals surface area (Å²) in [5.74, 6) is 1.33. The molecule has 0 aromatic heterocycles. The van der Waals surface area contributed by atoms with Gasteiger partial charge in [0.05, 0.1) is 12.5 Å². The Hall–Kier alpha value is -1.67. The van der Waals surface area contributed by atoms with Gasteiger partial charge in [-0.25, -0.2) is 0 Å². The number of ether oxygens (including phenoxy) is 1. The quantitative estimate of drug-likeness (QED) is 0.759. The molecule has 0 fully saturated rings. The maximum Gasteiger partial charge on any atom is 0.123 e. The fourth-order valence-corrected chi connectivity index (χ4v) is 2.29. The number of halogens is 1.